The van der Waals surface area contributed by atoms with Crippen LogP contribution < -0.4 is 10.2 Å². The number of rotatable bonds is 4. The zero-order valence-electron chi connectivity index (χ0n) is 14.5. The Kier molecular flexibility index (Phi) is 4.54. The van der Waals surface area contributed by atoms with E-state index in [1.165, 1.54) is 17.3 Å². The van der Waals surface area contributed by atoms with E-state index in [9.17, 15) is 4.79 Å². The van der Waals surface area contributed by atoms with E-state index in [4.69, 9.17) is 0 Å². The third kappa shape index (κ3) is 3.39. The van der Waals surface area contributed by atoms with Gasteiger partial charge in [0.1, 0.15) is 0 Å². The summed E-state index contributed by atoms with van der Waals surface area (Å²) in [5.41, 5.74) is 5.19. The highest BCUT2D eigenvalue weighted by Gasteiger charge is 2.21. The molecule has 4 rings (SSSR count). The van der Waals surface area contributed by atoms with Crippen molar-refractivity contribution in [3.8, 4) is 0 Å². The number of hydrogen-bond acceptors (Lipinski definition) is 4. The Balaban J connectivity index is 1.55. The molecule has 0 saturated heterocycles. The number of fused-ring (bicyclic) bond motifs is 1. The van der Waals surface area contributed by atoms with Crippen molar-refractivity contribution < 1.29 is 4.79 Å². The van der Waals surface area contributed by atoms with Crippen LogP contribution in [0.5, 0.6) is 0 Å². The lowest BCUT2D eigenvalue weighted by Crippen LogP contribution is -2.17. The van der Waals surface area contributed by atoms with E-state index in [-0.39, 0.29) is 5.91 Å². The first kappa shape index (κ1) is 16.5. The molecule has 0 fully saturated rings. The second-order valence-electron chi connectivity index (χ2n) is 6.16. The molecule has 0 spiro atoms. The van der Waals surface area contributed by atoms with Gasteiger partial charge in [0, 0.05) is 23.7 Å². The Morgan fingerprint density at radius 2 is 1.92 bits per heavy atom. The Labute approximate surface area is 156 Å². The molecule has 1 aliphatic heterocycles. The van der Waals surface area contributed by atoms with Gasteiger partial charge >= 0.3 is 0 Å². The summed E-state index contributed by atoms with van der Waals surface area (Å²) in [5, 5.41) is 5.93. The van der Waals surface area contributed by atoms with E-state index in [1.807, 2.05) is 36.6 Å². The van der Waals surface area contributed by atoms with Gasteiger partial charge in [-0.2, -0.15) is 0 Å². The predicted octanol–water partition coefficient (Wildman–Crippen LogP) is 4.80. The highest BCUT2D eigenvalue weighted by atomic mass is 32.1. The van der Waals surface area contributed by atoms with Crippen LogP contribution in [0, 0.1) is 6.92 Å². The van der Waals surface area contributed by atoms with Crippen LogP contribution in [-0.2, 0) is 11.2 Å². The van der Waals surface area contributed by atoms with Gasteiger partial charge < -0.3 is 10.2 Å². The normalized spacial score (nSPS) is 13.2. The van der Waals surface area contributed by atoms with Crippen LogP contribution in [0.25, 0.3) is 6.08 Å². The molecule has 3 aromatic rings. The lowest BCUT2D eigenvalue weighted by molar-refractivity contribution is -0.111. The van der Waals surface area contributed by atoms with Crippen molar-refractivity contribution >= 4 is 40.4 Å². The molecule has 1 amide bonds. The van der Waals surface area contributed by atoms with Crippen LogP contribution in [0.3, 0.4) is 0 Å². The minimum atomic E-state index is -0.157. The van der Waals surface area contributed by atoms with Crippen molar-refractivity contribution in [2.24, 2.45) is 0 Å². The number of aromatic nitrogens is 1. The molecular weight excluding hydrogens is 342 g/mol. The summed E-state index contributed by atoms with van der Waals surface area (Å²) < 4.78 is 0. The minimum Gasteiger partial charge on any atom is -0.339 e. The molecule has 4 nitrogen and oxygen atoms in total. The van der Waals surface area contributed by atoms with Crippen molar-refractivity contribution in [2.45, 2.75) is 13.3 Å². The first-order valence-corrected chi connectivity index (χ1v) is 9.44. The fourth-order valence-electron chi connectivity index (χ4n) is 3.20. The van der Waals surface area contributed by atoms with Crippen LogP contribution in [0.1, 0.15) is 16.3 Å². The number of carbonyl (C=O) groups excluding carboxylic acids is 1. The summed E-state index contributed by atoms with van der Waals surface area (Å²) in [6.45, 7) is 2.87. The third-order valence-corrected chi connectivity index (χ3v) is 5.17. The maximum atomic E-state index is 12.4. The van der Waals surface area contributed by atoms with Crippen molar-refractivity contribution in [1.29, 1.82) is 0 Å². The molecule has 1 N–H and O–H groups in total. The van der Waals surface area contributed by atoms with E-state index in [1.54, 1.807) is 17.4 Å². The third-order valence-electron chi connectivity index (χ3n) is 4.38. The average Bonchev–Trinajstić information content (AvgIpc) is 3.27. The van der Waals surface area contributed by atoms with E-state index >= 15 is 0 Å². The van der Waals surface area contributed by atoms with Gasteiger partial charge in [-0.1, -0.05) is 30.3 Å². The number of carbonyl (C=O) groups is 1. The molecule has 5 heteroatoms. The fraction of sp³-hybridized carbons (Fsp3) is 0.143. The summed E-state index contributed by atoms with van der Waals surface area (Å²) in [5.74, 6) is -0.157. The van der Waals surface area contributed by atoms with Crippen LogP contribution >= 0.6 is 11.3 Å². The lowest BCUT2D eigenvalue weighted by atomic mass is 10.1. The Morgan fingerprint density at radius 3 is 2.73 bits per heavy atom. The van der Waals surface area contributed by atoms with Gasteiger partial charge in [0.25, 0.3) is 0 Å². The summed E-state index contributed by atoms with van der Waals surface area (Å²) in [4.78, 5) is 19.0. The summed E-state index contributed by atoms with van der Waals surface area (Å²) >= 11 is 1.57. The number of benzene rings is 2. The monoisotopic (exact) mass is 361 g/mol. The van der Waals surface area contributed by atoms with Crippen LogP contribution in [0.4, 0.5) is 17.1 Å². The fourth-order valence-corrected chi connectivity index (χ4v) is 3.78. The highest BCUT2D eigenvalue weighted by Crippen LogP contribution is 2.38. The van der Waals surface area contributed by atoms with E-state index in [0.717, 1.165) is 35.0 Å². The van der Waals surface area contributed by atoms with Gasteiger partial charge in [-0.15, -0.1) is 11.3 Å². The number of hydrogen-bond donors (Lipinski definition) is 1. The van der Waals surface area contributed by atoms with Crippen molar-refractivity contribution in [2.75, 3.05) is 16.8 Å². The van der Waals surface area contributed by atoms with E-state index in [2.05, 4.69) is 39.5 Å². The number of nitrogens with zero attached hydrogens (tertiary/aromatic N) is 2. The number of aryl methyl sites for hydroxylation is 1. The highest BCUT2D eigenvalue weighted by molar-refractivity contribution is 7.09. The molecular formula is C21H19N3OS. The maximum absolute atomic E-state index is 12.4. The van der Waals surface area contributed by atoms with Crippen molar-refractivity contribution in [1.82, 2.24) is 4.98 Å². The molecule has 2 aromatic carbocycles. The molecule has 1 aliphatic rings. The van der Waals surface area contributed by atoms with Gasteiger partial charge in [0.05, 0.1) is 22.1 Å². The second kappa shape index (κ2) is 7.14. The first-order valence-electron chi connectivity index (χ1n) is 8.56. The van der Waals surface area contributed by atoms with E-state index in [0.29, 0.717) is 0 Å². The van der Waals surface area contributed by atoms with Gasteiger partial charge in [-0.25, -0.2) is 4.98 Å². The SMILES string of the molecule is Cc1nc(/C=C/C(=O)Nc2ccccc2N2CCc3ccccc32)cs1. The number of nitrogens with one attached hydrogen (secondary N) is 1. The van der Waals surface area contributed by atoms with Gasteiger partial charge in [0.2, 0.25) is 5.91 Å². The summed E-state index contributed by atoms with van der Waals surface area (Å²) in [6, 6.07) is 16.3. The van der Waals surface area contributed by atoms with Gasteiger partial charge in [0.15, 0.2) is 0 Å². The number of thiazole rings is 1. The summed E-state index contributed by atoms with van der Waals surface area (Å²) in [6.07, 6.45) is 4.29. The van der Waals surface area contributed by atoms with Crippen LogP contribution in [-0.4, -0.2) is 17.4 Å². The molecule has 2 heterocycles. The minimum absolute atomic E-state index is 0.157. The maximum Gasteiger partial charge on any atom is 0.248 e. The molecule has 130 valence electrons. The molecule has 0 bridgehead atoms. The zero-order chi connectivity index (χ0) is 17.9. The standard InChI is InChI=1S/C21H19N3OS/c1-15-22-17(14-26-15)10-11-21(25)23-18-7-3-5-9-20(18)24-13-12-16-6-2-4-8-19(16)24/h2-11,14H,12-13H2,1H3,(H,23,25)/b11-10+. The molecule has 0 saturated carbocycles. The Morgan fingerprint density at radius 1 is 1.15 bits per heavy atom. The molecule has 26 heavy (non-hydrogen) atoms. The van der Waals surface area contributed by atoms with Gasteiger partial charge in [-0.05, 0) is 43.2 Å². The van der Waals surface area contributed by atoms with E-state index < -0.39 is 0 Å². The lowest BCUT2D eigenvalue weighted by Gasteiger charge is -2.22. The predicted molar refractivity (Wildman–Crippen MR) is 108 cm³/mol. The average molecular weight is 361 g/mol. The van der Waals surface area contributed by atoms with Crippen LogP contribution in [0.15, 0.2) is 60.0 Å². The summed E-state index contributed by atoms with van der Waals surface area (Å²) in [7, 11) is 0. The molecule has 0 unspecified atom stereocenters. The first-order chi connectivity index (χ1) is 12.7. The molecule has 1 aromatic heterocycles. The number of anilines is 3. The number of para-hydroxylation sites is 3. The Hall–Kier alpha value is -2.92. The zero-order valence-corrected chi connectivity index (χ0v) is 15.3. The second-order valence-corrected chi connectivity index (χ2v) is 7.22. The largest absolute Gasteiger partial charge is 0.339 e. The van der Waals surface area contributed by atoms with Crippen molar-refractivity contribution in [3.63, 3.8) is 0 Å². The molecule has 0 aliphatic carbocycles. The smallest absolute Gasteiger partial charge is 0.248 e. The Bertz CT molecular complexity index is 977. The molecule has 0 atom stereocenters. The van der Waals surface area contributed by atoms with Crippen LogP contribution in [0.2, 0.25) is 0 Å². The number of amides is 1. The van der Waals surface area contributed by atoms with Crippen molar-refractivity contribution in [3.05, 3.63) is 76.3 Å². The molecule has 0 radical (unpaired) electrons. The topological polar surface area (TPSA) is 45.2 Å². The van der Waals surface area contributed by atoms with Gasteiger partial charge in [-0.3, -0.25) is 4.79 Å². The quantitative estimate of drug-likeness (QED) is 0.679.